The molecule has 3 atom stereocenters. The minimum Gasteiger partial charge on any atom is -0.496 e. The van der Waals surface area contributed by atoms with Crippen molar-refractivity contribution >= 4 is 40.4 Å². The number of fused-ring (bicyclic) bond motifs is 1. The van der Waals surface area contributed by atoms with Crippen molar-refractivity contribution in [3.63, 3.8) is 0 Å². The molecule has 4 N–H and O–H groups in total. The van der Waals surface area contributed by atoms with E-state index in [9.17, 15) is 24.0 Å². The van der Waals surface area contributed by atoms with Gasteiger partial charge in [-0.3, -0.25) is 24.0 Å². The average molecular weight is 661 g/mol. The smallest absolute Gasteiger partial charge is 0.289 e. The summed E-state index contributed by atoms with van der Waals surface area (Å²) in [4.78, 5) is 67.0. The number of methoxy groups -OCH3 is 2. The number of piperidine rings is 1. The molecule has 12 heteroatoms. The third-order valence-corrected chi connectivity index (χ3v) is 9.26. The first kappa shape index (κ1) is 34.5. The van der Waals surface area contributed by atoms with Crippen LogP contribution in [0.25, 0.3) is 11.0 Å². The summed E-state index contributed by atoms with van der Waals surface area (Å²) in [5.74, 6) is -2.67. The van der Waals surface area contributed by atoms with Crippen molar-refractivity contribution in [2.24, 2.45) is 11.8 Å². The summed E-state index contributed by atoms with van der Waals surface area (Å²) in [5, 5.41) is 11.6. The number of carbonyl (C=O) groups is 5. The van der Waals surface area contributed by atoms with Gasteiger partial charge in [-0.15, -0.1) is 0 Å². The minimum absolute atomic E-state index is 0.0393. The fourth-order valence-electron chi connectivity index (χ4n) is 6.61. The second-order valence-corrected chi connectivity index (χ2v) is 12.5. The Kier molecular flexibility index (Phi) is 11.7. The van der Waals surface area contributed by atoms with E-state index in [2.05, 4.69) is 21.3 Å². The SMILES string of the molecule is COc1ccc(OC)c2oc(C(=O)NC(CC3CCCCC3)C(=O)NC(CC3CCCNC3=O)C(=O)C(=O)NCc3ccccc3)cc12. The van der Waals surface area contributed by atoms with Gasteiger partial charge in [0.2, 0.25) is 17.6 Å². The quantitative estimate of drug-likeness (QED) is 0.190. The van der Waals surface area contributed by atoms with Gasteiger partial charge in [0.1, 0.15) is 11.8 Å². The predicted molar refractivity (Wildman–Crippen MR) is 177 cm³/mol. The Morgan fingerprint density at radius 2 is 1.60 bits per heavy atom. The Morgan fingerprint density at radius 1 is 0.875 bits per heavy atom. The molecule has 1 saturated carbocycles. The molecule has 2 fully saturated rings. The normalized spacial score (nSPS) is 17.9. The van der Waals surface area contributed by atoms with Gasteiger partial charge in [-0.1, -0.05) is 62.4 Å². The Morgan fingerprint density at radius 3 is 2.31 bits per heavy atom. The molecular weight excluding hydrogens is 616 g/mol. The zero-order chi connectivity index (χ0) is 34.0. The molecule has 0 bridgehead atoms. The number of amides is 4. The topological polar surface area (TPSA) is 165 Å². The maximum Gasteiger partial charge on any atom is 0.289 e. The largest absolute Gasteiger partial charge is 0.496 e. The summed E-state index contributed by atoms with van der Waals surface area (Å²) < 4.78 is 16.7. The number of ether oxygens (including phenoxy) is 2. The van der Waals surface area contributed by atoms with E-state index in [0.29, 0.717) is 41.9 Å². The van der Waals surface area contributed by atoms with Crippen LogP contribution < -0.4 is 30.7 Å². The molecule has 12 nitrogen and oxygen atoms in total. The van der Waals surface area contributed by atoms with E-state index in [-0.39, 0.29) is 30.6 Å². The van der Waals surface area contributed by atoms with E-state index >= 15 is 0 Å². The summed E-state index contributed by atoms with van der Waals surface area (Å²) in [5.41, 5.74) is 1.13. The molecule has 0 radical (unpaired) electrons. The number of ketones is 1. The molecule has 256 valence electrons. The Hall–Kier alpha value is -4.87. The van der Waals surface area contributed by atoms with Crippen molar-refractivity contribution in [1.29, 1.82) is 0 Å². The number of furan rings is 1. The molecule has 2 aromatic carbocycles. The van der Waals surface area contributed by atoms with Crippen LogP contribution in [0.3, 0.4) is 0 Å². The van der Waals surface area contributed by atoms with Crippen LogP contribution in [0.2, 0.25) is 0 Å². The summed E-state index contributed by atoms with van der Waals surface area (Å²) in [6.07, 6.45) is 6.52. The maximum atomic E-state index is 14.0. The average Bonchev–Trinajstić information content (AvgIpc) is 3.57. The number of carbonyl (C=O) groups excluding carboxylic acids is 5. The highest BCUT2D eigenvalue weighted by Crippen LogP contribution is 2.36. The van der Waals surface area contributed by atoms with Gasteiger partial charge >= 0.3 is 0 Å². The molecule has 1 saturated heterocycles. The van der Waals surface area contributed by atoms with Crippen molar-refractivity contribution in [2.45, 2.75) is 76.4 Å². The highest BCUT2D eigenvalue weighted by Gasteiger charge is 2.36. The zero-order valence-electron chi connectivity index (χ0n) is 27.5. The third kappa shape index (κ3) is 8.53. The van der Waals surface area contributed by atoms with Gasteiger partial charge in [-0.05, 0) is 49.3 Å². The molecule has 1 aromatic heterocycles. The predicted octanol–water partition coefficient (Wildman–Crippen LogP) is 3.81. The maximum absolute atomic E-state index is 14.0. The first-order chi connectivity index (χ1) is 23.3. The molecular formula is C36H44N4O8. The van der Waals surface area contributed by atoms with E-state index in [4.69, 9.17) is 13.9 Å². The summed E-state index contributed by atoms with van der Waals surface area (Å²) in [7, 11) is 3.00. The third-order valence-electron chi connectivity index (χ3n) is 9.26. The highest BCUT2D eigenvalue weighted by molar-refractivity contribution is 6.38. The van der Waals surface area contributed by atoms with Gasteiger partial charge in [-0.25, -0.2) is 0 Å². The standard InChI is InChI=1S/C36H44N4O8/c1-46-28-15-16-29(47-2)32-25(28)20-30(48-32)35(44)40-27(18-22-10-5-3-6-11-22)34(43)39-26(19-24-14-9-17-37-33(24)42)31(41)36(45)38-21-23-12-7-4-8-13-23/h4,7-8,12-13,15-16,20,22,24,26-27H,3,5-6,9-11,14,17-19,21H2,1-2H3,(H,37,42)(H,38,45)(H,39,43)(H,40,44). The molecule has 48 heavy (non-hydrogen) atoms. The van der Waals surface area contributed by atoms with Gasteiger partial charge in [0, 0.05) is 25.1 Å². The first-order valence-corrected chi connectivity index (χ1v) is 16.7. The number of hydrogen-bond donors (Lipinski definition) is 4. The molecule has 3 aromatic rings. The second kappa shape index (κ2) is 16.3. The van der Waals surface area contributed by atoms with Crippen LogP contribution in [-0.4, -0.2) is 62.3 Å². The van der Waals surface area contributed by atoms with E-state index < -0.39 is 41.5 Å². The van der Waals surface area contributed by atoms with Crippen molar-refractivity contribution in [3.8, 4) is 11.5 Å². The monoisotopic (exact) mass is 660 g/mol. The number of benzene rings is 2. The number of nitrogens with one attached hydrogen (secondary N) is 4. The fraction of sp³-hybridized carbons (Fsp3) is 0.472. The van der Waals surface area contributed by atoms with Crippen LogP contribution in [0.1, 0.15) is 73.9 Å². The molecule has 2 heterocycles. The number of hydrogen-bond acceptors (Lipinski definition) is 8. The zero-order valence-corrected chi connectivity index (χ0v) is 27.5. The summed E-state index contributed by atoms with van der Waals surface area (Å²) >= 11 is 0. The molecule has 0 spiro atoms. The van der Waals surface area contributed by atoms with Crippen molar-refractivity contribution < 1.29 is 37.9 Å². The Bertz CT molecular complexity index is 1570. The van der Waals surface area contributed by atoms with E-state index in [1.54, 1.807) is 12.1 Å². The van der Waals surface area contributed by atoms with Crippen LogP contribution in [0.15, 0.2) is 52.9 Å². The van der Waals surface area contributed by atoms with Crippen LogP contribution in [-0.2, 0) is 25.7 Å². The summed E-state index contributed by atoms with van der Waals surface area (Å²) in [6.45, 7) is 0.663. The van der Waals surface area contributed by atoms with Gasteiger partial charge in [0.15, 0.2) is 17.1 Å². The van der Waals surface area contributed by atoms with Crippen LogP contribution in [0.5, 0.6) is 11.5 Å². The fourth-order valence-corrected chi connectivity index (χ4v) is 6.61. The van der Waals surface area contributed by atoms with Crippen LogP contribution in [0.4, 0.5) is 0 Å². The summed E-state index contributed by atoms with van der Waals surface area (Å²) in [6, 6.07) is 11.8. The van der Waals surface area contributed by atoms with Crippen LogP contribution >= 0.6 is 0 Å². The van der Waals surface area contributed by atoms with E-state index in [0.717, 1.165) is 44.1 Å². The van der Waals surface area contributed by atoms with E-state index in [1.807, 2.05) is 30.3 Å². The van der Waals surface area contributed by atoms with Gasteiger partial charge in [-0.2, -0.15) is 0 Å². The molecule has 1 aliphatic heterocycles. The molecule has 3 unspecified atom stereocenters. The first-order valence-electron chi connectivity index (χ1n) is 16.7. The van der Waals surface area contributed by atoms with Crippen molar-refractivity contribution in [3.05, 3.63) is 59.9 Å². The highest BCUT2D eigenvalue weighted by atomic mass is 16.5. The molecule has 2 aliphatic rings. The lowest BCUT2D eigenvalue weighted by Crippen LogP contribution is -2.55. The second-order valence-electron chi connectivity index (χ2n) is 12.5. The van der Waals surface area contributed by atoms with Gasteiger partial charge < -0.3 is 35.2 Å². The van der Waals surface area contributed by atoms with E-state index in [1.165, 1.54) is 20.3 Å². The lowest BCUT2D eigenvalue weighted by molar-refractivity contribution is -0.141. The van der Waals surface area contributed by atoms with Gasteiger partial charge in [0.05, 0.1) is 25.6 Å². The minimum atomic E-state index is -1.27. The number of rotatable bonds is 14. The Labute approximate surface area is 279 Å². The molecule has 4 amide bonds. The Balaban J connectivity index is 1.37. The van der Waals surface area contributed by atoms with Crippen molar-refractivity contribution in [1.82, 2.24) is 21.3 Å². The lowest BCUT2D eigenvalue weighted by Gasteiger charge is -2.29. The number of Topliss-reactive ketones (excluding diaryl/α,β-unsaturated/α-hetero) is 1. The van der Waals surface area contributed by atoms with Crippen LogP contribution in [0, 0.1) is 11.8 Å². The molecule has 1 aliphatic carbocycles. The molecule has 5 rings (SSSR count). The lowest BCUT2D eigenvalue weighted by atomic mass is 9.84. The van der Waals surface area contributed by atoms with Gasteiger partial charge in [0.25, 0.3) is 11.8 Å². The van der Waals surface area contributed by atoms with Crippen molar-refractivity contribution in [2.75, 3.05) is 20.8 Å².